The standard InChI is InChI=1S/C38H45N5O7/c1-26(2)35(43-38(47)50-25-30-18-32(48-3)23-40-22-30)36(45)41-31(17-27-11-6-4-7-12-27)20-34(44)33(19-28-13-8-5-9-14-28)42-37(46)49-24-29-15-10-16-39-21-29/h4-16,18,21-23,26,31,33-35,44H,17,19-20,24-25H2,1-3H3,(H,41,45)(H,42,46)(H,43,47)/t31-,33-,34-,35-/m0/s1. The van der Waals surface area contributed by atoms with Crippen molar-refractivity contribution in [3.63, 3.8) is 0 Å². The number of amides is 3. The smallest absolute Gasteiger partial charge is 0.408 e. The number of ether oxygens (including phenoxy) is 3. The lowest BCUT2D eigenvalue weighted by Gasteiger charge is -2.30. The molecule has 0 saturated heterocycles. The highest BCUT2D eigenvalue weighted by molar-refractivity contribution is 5.86. The largest absolute Gasteiger partial charge is 0.495 e. The maximum absolute atomic E-state index is 13.7. The summed E-state index contributed by atoms with van der Waals surface area (Å²) in [5, 5.41) is 20.2. The van der Waals surface area contributed by atoms with E-state index < -0.39 is 42.3 Å². The van der Waals surface area contributed by atoms with E-state index in [-0.39, 0.29) is 25.6 Å². The zero-order chi connectivity index (χ0) is 35.7. The average molecular weight is 684 g/mol. The van der Waals surface area contributed by atoms with Gasteiger partial charge in [0.15, 0.2) is 0 Å². The summed E-state index contributed by atoms with van der Waals surface area (Å²) in [5.74, 6) is -0.192. The van der Waals surface area contributed by atoms with Crippen molar-refractivity contribution in [3.05, 3.63) is 126 Å². The summed E-state index contributed by atoms with van der Waals surface area (Å²) in [6, 6.07) is 22.1. The maximum atomic E-state index is 13.7. The molecule has 0 aliphatic carbocycles. The topological polar surface area (TPSA) is 161 Å². The molecule has 2 aromatic heterocycles. The number of nitrogens with one attached hydrogen (secondary N) is 3. The van der Waals surface area contributed by atoms with Crippen LogP contribution < -0.4 is 20.7 Å². The van der Waals surface area contributed by atoms with Gasteiger partial charge in [-0.1, -0.05) is 80.6 Å². The number of aliphatic hydroxyl groups is 1. The van der Waals surface area contributed by atoms with Crippen molar-refractivity contribution in [3.8, 4) is 5.75 Å². The van der Waals surface area contributed by atoms with Gasteiger partial charge < -0.3 is 35.3 Å². The number of hydrogen-bond acceptors (Lipinski definition) is 9. The quantitative estimate of drug-likeness (QED) is 0.123. The van der Waals surface area contributed by atoms with E-state index in [0.29, 0.717) is 24.2 Å². The van der Waals surface area contributed by atoms with E-state index in [2.05, 4.69) is 25.9 Å². The van der Waals surface area contributed by atoms with Crippen LogP contribution >= 0.6 is 0 Å². The minimum atomic E-state index is -1.08. The maximum Gasteiger partial charge on any atom is 0.408 e. The molecular weight excluding hydrogens is 638 g/mol. The van der Waals surface area contributed by atoms with E-state index in [1.165, 1.54) is 7.11 Å². The minimum Gasteiger partial charge on any atom is -0.495 e. The molecule has 12 heteroatoms. The Morgan fingerprint density at radius 1 is 0.720 bits per heavy atom. The molecule has 2 heterocycles. The van der Waals surface area contributed by atoms with Crippen LogP contribution in [-0.4, -0.2) is 64.5 Å². The van der Waals surface area contributed by atoms with Crippen molar-refractivity contribution in [1.29, 1.82) is 0 Å². The first-order chi connectivity index (χ1) is 24.2. The molecule has 264 valence electrons. The van der Waals surface area contributed by atoms with Crippen LogP contribution in [0.2, 0.25) is 0 Å². The van der Waals surface area contributed by atoms with Crippen LogP contribution in [-0.2, 0) is 40.3 Å². The van der Waals surface area contributed by atoms with Crippen LogP contribution in [0.15, 0.2) is 104 Å². The molecule has 4 N–H and O–H groups in total. The number of rotatable bonds is 17. The summed E-state index contributed by atoms with van der Waals surface area (Å²) in [6.45, 7) is 3.58. The van der Waals surface area contributed by atoms with Gasteiger partial charge in [0, 0.05) is 35.8 Å². The van der Waals surface area contributed by atoms with Crippen molar-refractivity contribution in [1.82, 2.24) is 25.9 Å². The third-order valence-corrected chi connectivity index (χ3v) is 7.95. The Morgan fingerprint density at radius 3 is 1.94 bits per heavy atom. The average Bonchev–Trinajstić information content (AvgIpc) is 3.13. The van der Waals surface area contributed by atoms with E-state index in [1.807, 2.05) is 74.5 Å². The van der Waals surface area contributed by atoms with E-state index in [4.69, 9.17) is 14.2 Å². The monoisotopic (exact) mass is 683 g/mol. The second kappa shape index (κ2) is 19.5. The number of alkyl carbamates (subject to hydrolysis) is 2. The zero-order valence-electron chi connectivity index (χ0n) is 28.5. The van der Waals surface area contributed by atoms with Crippen LogP contribution in [0.1, 0.15) is 42.5 Å². The Kier molecular flexibility index (Phi) is 14.6. The number of carbonyl (C=O) groups excluding carboxylic acids is 3. The van der Waals surface area contributed by atoms with E-state index in [1.54, 1.807) is 43.0 Å². The zero-order valence-corrected chi connectivity index (χ0v) is 28.5. The molecule has 0 aliphatic rings. The Balaban J connectivity index is 1.45. The number of hydrogen-bond donors (Lipinski definition) is 4. The fraction of sp³-hybridized carbons (Fsp3) is 0.342. The molecule has 0 bridgehead atoms. The highest BCUT2D eigenvalue weighted by atomic mass is 16.6. The third kappa shape index (κ3) is 12.5. The summed E-state index contributed by atoms with van der Waals surface area (Å²) in [5.41, 5.74) is 3.19. The van der Waals surface area contributed by atoms with Gasteiger partial charge in [0.1, 0.15) is 25.0 Å². The molecule has 4 aromatic rings. The van der Waals surface area contributed by atoms with Crippen molar-refractivity contribution in [2.75, 3.05) is 7.11 Å². The summed E-state index contributed by atoms with van der Waals surface area (Å²) in [6.07, 6.45) is 4.62. The number of aliphatic hydroxyl groups excluding tert-OH is 1. The lowest BCUT2D eigenvalue weighted by molar-refractivity contribution is -0.125. The number of nitrogens with zero attached hydrogens (tertiary/aromatic N) is 2. The van der Waals surface area contributed by atoms with Gasteiger partial charge in [-0.25, -0.2) is 9.59 Å². The number of methoxy groups -OCH3 is 1. The molecule has 2 aromatic carbocycles. The number of pyridine rings is 2. The Hall–Kier alpha value is -5.49. The first kappa shape index (κ1) is 37.3. The number of benzene rings is 2. The SMILES string of the molecule is COc1cncc(COC(=O)N[C@H](C(=O)N[C@@H](Cc2ccccc2)C[C@H](O)[C@H](Cc2ccccc2)NC(=O)OCc2cccnc2)C(C)C)c1. The van der Waals surface area contributed by atoms with Gasteiger partial charge in [0.25, 0.3) is 0 Å². The lowest BCUT2D eigenvalue weighted by Crippen LogP contribution is -2.54. The van der Waals surface area contributed by atoms with Crippen molar-refractivity contribution < 1.29 is 33.7 Å². The molecule has 0 saturated carbocycles. The minimum absolute atomic E-state index is 0.0168. The Bertz CT molecular complexity index is 1630. The molecule has 4 rings (SSSR count). The Morgan fingerprint density at radius 2 is 1.32 bits per heavy atom. The Labute approximate surface area is 292 Å². The van der Waals surface area contributed by atoms with Gasteiger partial charge in [0.2, 0.25) is 5.91 Å². The normalized spacial score (nSPS) is 13.3. The van der Waals surface area contributed by atoms with Crippen LogP contribution in [0, 0.1) is 5.92 Å². The highest BCUT2D eigenvalue weighted by Crippen LogP contribution is 2.16. The van der Waals surface area contributed by atoms with Crippen molar-refractivity contribution in [2.45, 2.75) is 70.6 Å². The molecule has 50 heavy (non-hydrogen) atoms. The molecule has 4 atom stereocenters. The summed E-state index contributed by atoms with van der Waals surface area (Å²) >= 11 is 0. The van der Waals surface area contributed by atoms with E-state index in [9.17, 15) is 19.5 Å². The fourth-order valence-electron chi connectivity index (χ4n) is 5.32. The van der Waals surface area contributed by atoms with Crippen molar-refractivity contribution in [2.24, 2.45) is 5.92 Å². The molecule has 0 fully saturated rings. The summed E-state index contributed by atoms with van der Waals surface area (Å²) in [7, 11) is 1.52. The van der Waals surface area contributed by atoms with Gasteiger partial charge in [-0.3, -0.25) is 14.8 Å². The van der Waals surface area contributed by atoms with E-state index in [0.717, 1.165) is 16.7 Å². The summed E-state index contributed by atoms with van der Waals surface area (Å²) < 4.78 is 16.0. The third-order valence-electron chi connectivity index (χ3n) is 7.95. The number of aromatic nitrogens is 2. The predicted octanol–water partition coefficient (Wildman–Crippen LogP) is 4.75. The van der Waals surface area contributed by atoms with Crippen LogP contribution in [0.25, 0.3) is 0 Å². The lowest BCUT2D eigenvalue weighted by atomic mass is 9.93. The second-order valence-electron chi connectivity index (χ2n) is 12.3. The van der Waals surface area contributed by atoms with Crippen molar-refractivity contribution >= 4 is 18.1 Å². The molecule has 0 spiro atoms. The first-order valence-electron chi connectivity index (χ1n) is 16.5. The molecular formula is C38H45N5O7. The first-order valence-corrected chi connectivity index (χ1v) is 16.5. The fourth-order valence-corrected chi connectivity index (χ4v) is 5.32. The summed E-state index contributed by atoms with van der Waals surface area (Å²) in [4.78, 5) is 47.6. The molecule has 3 amide bonds. The van der Waals surface area contributed by atoms with Crippen LogP contribution in [0.3, 0.4) is 0 Å². The van der Waals surface area contributed by atoms with Gasteiger partial charge in [0.05, 0.1) is 25.5 Å². The molecule has 0 radical (unpaired) electrons. The van der Waals surface area contributed by atoms with E-state index >= 15 is 0 Å². The number of carbonyl (C=O) groups is 3. The van der Waals surface area contributed by atoms with Gasteiger partial charge in [-0.15, -0.1) is 0 Å². The molecule has 0 unspecified atom stereocenters. The molecule has 0 aliphatic heterocycles. The van der Waals surface area contributed by atoms with Crippen LogP contribution in [0.5, 0.6) is 5.75 Å². The van der Waals surface area contributed by atoms with Gasteiger partial charge in [-0.2, -0.15) is 0 Å². The van der Waals surface area contributed by atoms with Gasteiger partial charge in [-0.05, 0) is 48.4 Å². The highest BCUT2D eigenvalue weighted by Gasteiger charge is 2.30. The second-order valence-corrected chi connectivity index (χ2v) is 12.3. The molecule has 12 nitrogen and oxygen atoms in total. The van der Waals surface area contributed by atoms with Crippen LogP contribution in [0.4, 0.5) is 9.59 Å². The van der Waals surface area contributed by atoms with Gasteiger partial charge >= 0.3 is 12.2 Å². The predicted molar refractivity (Wildman–Crippen MR) is 187 cm³/mol.